The van der Waals surface area contributed by atoms with E-state index in [1.165, 1.54) is 31.4 Å². The molecule has 0 radical (unpaired) electrons. The van der Waals surface area contributed by atoms with E-state index in [0.29, 0.717) is 17.4 Å². The number of nitrogens with zero attached hydrogens (tertiary/aromatic N) is 1. The molecule has 0 amide bonds. The van der Waals surface area contributed by atoms with E-state index in [9.17, 15) is 10.1 Å². The first-order chi connectivity index (χ1) is 9.17. The fraction of sp³-hybridized carbons (Fsp3) is 0.571. The molecule has 0 aromatic heterocycles. The number of nitro benzene ring substituents is 1. The first-order valence-corrected chi connectivity index (χ1v) is 6.66. The lowest BCUT2D eigenvalue weighted by Crippen LogP contribution is -2.23. The summed E-state index contributed by atoms with van der Waals surface area (Å²) < 4.78 is 11.2. The number of fused-ring (bicyclic) bond motifs is 2. The largest absolute Gasteiger partial charge is 0.493 e. The van der Waals surface area contributed by atoms with Crippen LogP contribution in [0.3, 0.4) is 0 Å². The van der Waals surface area contributed by atoms with Gasteiger partial charge < -0.3 is 9.47 Å². The van der Waals surface area contributed by atoms with Crippen LogP contribution in [0.1, 0.15) is 25.7 Å². The van der Waals surface area contributed by atoms with Crippen molar-refractivity contribution in [3.8, 4) is 11.5 Å². The van der Waals surface area contributed by atoms with Gasteiger partial charge in [0.15, 0.2) is 11.5 Å². The summed E-state index contributed by atoms with van der Waals surface area (Å²) in [4.78, 5) is 10.4. The number of hydrogen-bond acceptors (Lipinski definition) is 4. The molecule has 2 bridgehead atoms. The molecule has 0 unspecified atom stereocenters. The molecule has 2 aliphatic rings. The maximum absolute atomic E-state index is 10.8. The Labute approximate surface area is 111 Å². The second kappa shape index (κ2) is 4.72. The molecule has 0 N–H and O–H groups in total. The lowest BCUT2D eigenvalue weighted by atomic mass is 9.98. The average molecular weight is 263 g/mol. The average Bonchev–Trinajstić information content (AvgIpc) is 3.01. The summed E-state index contributed by atoms with van der Waals surface area (Å²) in [5.41, 5.74) is 0.0407. The molecule has 2 fully saturated rings. The molecule has 0 heterocycles. The van der Waals surface area contributed by atoms with Crippen LogP contribution in [0.15, 0.2) is 18.2 Å². The van der Waals surface area contributed by atoms with Gasteiger partial charge in [-0.2, -0.15) is 0 Å². The maximum atomic E-state index is 10.8. The summed E-state index contributed by atoms with van der Waals surface area (Å²) >= 11 is 0. The fourth-order valence-corrected chi connectivity index (χ4v) is 3.36. The van der Waals surface area contributed by atoms with Gasteiger partial charge in [-0.1, -0.05) is 0 Å². The number of ether oxygens (including phenoxy) is 2. The molecule has 2 aliphatic carbocycles. The van der Waals surface area contributed by atoms with Gasteiger partial charge in [-0.05, 0) is 43.6 Å². The highest BCUT2D eigenvalue weighted by atomic mass is 16.6. The van der Waals surface area contributed by atoms with Crippen LogP contribution < -0.4 is 9.47 Å². The lowest BCUT2D eigenvalue weighted by molar-refractivity contribution is -0.385. The Morgan fingerprint density at radius 3 is 2.68 bits per heavy atom. The highest BCUT2D eigenvalue weighted by Gasteiger charge is 2.41. The van der Waals surface area contributed by atoms with E-state index < -0.39 is 4.92 Å². The Balaban J connectivity index is 1.82. The van der Waals surface area contributed by atoms with Gasteiger partial charge in [0.1, 0.15) is 6.10 Å². The van der Waals surface area contributed by atoms with Crippen LogP contribution in [-0.2, 0) is 0 Å². The van der Waals surface area contributed by atoms with Gasteiger partial charge in [0.25, 0.3) is 5.69 Å². The number of non-ortho nitro benzene ring substituents is 1. The van der Waals surface area contributed by atoms with Crippen LogP contribution in [0.4, 0.5) is 5.69 Å². The van der Waals surface area contributed by atoms with Gasteiger partial charge in [-0.15, -0.1) is 0 Å². The van der Waals surface area contributed by atoms with Crippen molar-refractivity contribution < 1.29 is 14.4 Å². The third-order valence-electron chi connectivity index (χ3n) is 4.31. The quantitative estimate of drug-likeness (QED) is 0.618. The summed E-state index contributed by atoms with van der Waals surface area (Å²) in [7, 11) is 1.55. The standard InChI is InChI=1S/C14H17NO4/c1-18-12-5-4-11(15(16)17)8-14(12)19-13-7-9-2-3-10(13)6-9/h4-5,8-10,13H,2-3,6-7H2,1H3/t9-,10+,13+/m0/s1. The number of hydrogen-bond donors (Lipinski definition) is 0. The molecule has 0 aliphatic heterocycles. The van der Waals surface area contributed by atoms with E-state index in [1.807, 2.05) is 0 Å². The van der Waals surface area contributed by atoms with E-state index in [-0.39, 0.29) is 11.8 Å². The molecule has 1 aromatic carbocycles. The first-order valence-electron chi connectivity index (χ1n) is 6.66. The van der Waals surface area contributed by atoms with Crippen LogP contribution >= 0.6 is 0 Å². The molecule has 5 heteroatoms. The van der Waals surface area contributed by atoms with Crippen LogP contribution in [0.5, 0.6) is 11.5 Å². The Morgan fingerprint density at radius 2 is 2.11 bits per heavy atom. The Kier molecular flexibility index (Phi) is 3.05. The summed E-state index contributed by atoms with van der Waals surface area (Å²) in [6.45, 7) is 0. The second-order valence-corrected chi connectivity index (χ2v) is 5.42. The van der Waals surface area contributed by atoms with Gasteiger partial charge >= 0.3 is 0 Å². The molecule has 2 saturated carbocycles. The maximum Gasteiger partial charge on any atom is 0.273 e. The van der Waals surface area contributed by atoms with E-state index in [2.05, 4.69) is 0 Å². The SMILES string of the molecule is COc1ccc([N+](=O)[O-])cc1O[C@@H]1C[C@H]2CC[C@@H]1C2. The molecule has 102 valence electrons. The lowest BCUT2D eigenvalue weighted by Gasteiger charge is -2.23. The first kappa shape index (κ1) is 12.3. The number of nitro groups is 1. The minimum atomic E-state index is -0.410. The molecule has 5 nitrogen and oxygen atoms in total. The third-order valence-corrected chi connectivity index (χ3v) is 4.31. The Morgan fingerprint density at radius 1 is 1.26 bits per heavy atom. The molecular weight excluding hydrogens is 246 g/mol. The molecule has 19 heavy (non-hydrogen) atoms. The van der Waals surface area contributed by atoms with Crippen LogP contribution in [0, 0.1) is 22.0 Å². The summed E-state index contributed by atoms with van der Waals surface area (Å²) in [5.74, 6) is 2.44. The minimum absolute atomic E-state index is 0.0407. The Hall–Kier alpha value is -1.78. The molecule has 3 atom stereocenters. The Bertz CT molecular complexity index is 502. The minimum Gasteiger partial charge on any atom is -0.493 e. The number of benzene rings is 1. The number of rotatable bonds is 4. The van der Waals surface area contributed by atoms with Crippen LogP contribution in [-0.4, -0.2) is 18.1 Å². The van der Waals surface area contributed by atoms with E-state index in [4.69, 9.17) is 9.47 Å². The highest BCUT2D eigenvalue weighted by molar-refractivity contribution is 5.48. The van der Waals surface area contributed by atoms with Gasteiger partial charge in [-0.25, -0.2) is 0 Å². The zero-order valence-corrected chi connectivity index (χ0v) is 10.9. The predicted octanol–water partition coefficient (Wildman–Crippen LogP) is 3.17. The summed E-state index contributed by atoms with van der Waals surface area (Å²) in [5, 5.41) is 10.8. The fourth-order valence-electron chi connectivity index (χ4n) is 3.36. The number of methoxy groups -OCH3 is 1. The molecule has 3 rings (SSSR count). The van der Waals surface area contributed by atoms with Crippen molar-refractivity contribution in [3.63, 3.8) is 0 Å². The smallest absolute Gasteiger partial charge is 0.273 e. The van der Waals surface area contributed by atoms with Crippen molar-refractivity contribution >= 4 is 5.69 Å². The predicted molar refractivity (Wildman–Crippen MR) is 69.5 cm³/mol. The zero-order valence-electron chi connectivity index (χ0n) is 10.9. The van der Waals surface area contributed by atoms with Gasteiger partial charge in [0, 0.05) is 6.07 Å². The highest BCUT2D eigenvalue weighted by Crippen LogP contribution is 2.47. The van der Waals surface area contributed by atoms with E-state index in [1.54, 1.807) is 13.2 Å². The topological polar surface area (TPSA) is 61.6 Å². The van der Waals surface area contributed by atoms with Crippen LogP contribution in [0.2, 0.25) is 0 Å². The normalized spacial score (nSPS) is 28.4. The van der Waals surface area contributed by atoms with Crippen molar-refractivity contribution in [2.24, 2.45) is 11.8 Å². The monoisotopic (exact) mass is 263 g/mol. The van der Waals surface area contributed by atoms with Crippen molar-refractivity contribution in [2.45, 2.75) is 31.8 Å². The van der Waals surface area contributed by atoms with E-state index >= 15 is 0 Å². The van der Waals surface area contributed by atoms with Gasteiger partial charge in [0.2, 0.25) is 0 Å². The third kappa shape index (κ3) is 2.25. The van der Waals surface area contributed by atoms with Crippen molar-refractivity contribution in [3.05, 3.63) is 28.3 Å². The van der Waals surface area contributed by atoms with Crippen molar-refractivity contribution in [1.29, 1.82) is 0 Å². The van der Waals surface area contributed by atoms with Gasteiger partial charge in [-0.3, -0.25) is 10.1 Å². The second-order valence-electron chi connectivity index (χ2n) is 5.42. The molecular formula is C14H17NO4. The molecule has 0 spiro atoms. The molecule has 0 saturated heterocycles. The van der Waals surface area contributed by atoms with Gasteiger partial charge in [0.05, 0.1) is 18.1 Å². The summed E-state index contributed by atoms with van der Waals surface area (Å²) in [6, 6.07) is 4.50. The van der Waals surface area contributed by atoms with Crippen molar-refractivity contribution in [2.75, 3.05) is 7.11 Å². The van der Waals surface area contributed by atoms with Crippen LogP contribution in [0.25, 0.3) is 0 Å². The zero-order chi connectivity index (χ0) is 13.4. The van der Waals surface area contributed by atoms with Crippen molar-refractivity contribution in [1.82, 2.24) is 0 Å². The summed E-state index contributed by atoms with van der Waals surface area (Å²) in [6.07, 6.45) is 5.01. The van der Waals surface area contributed by atoms with E-state index in [0.717, 1.165) is 12.3 Å². The molecule has 1 aromatic rings.